The first-order valence-corrected chi connectivity index (χ1v) is 5.91. The number of amides is 2. The molecule has 3 unspecified atom stereocenters. The molecule has 0 saturated carbocycles. The summed E-state index contributed by atoms with van der Waals surface area (Å²) in [6.07, 6.45) is 2.20. The molecule has 3 atom stereocenters. The van der Waals surface area contributed by atoms with Gasteiger partial charge in [-0.05, 0) is 33.6 Å². The first-order chi connectivity index (χ1) is 7.93. The standard InChI is InChI=1S/C11H21N3O3/c1-7-4-5-8(2)14(7)9(3)11(16)13-17-6-10(12)15/h7-9H,4-6H2,1-3H3,(H2,12,15)(H,13,16). The molecule has 0 bridgehead atoms. The van der Waals surface area contributed by atoms with Gasteiger partial charge in [0.1, 0.15) is 0 Å². The minimum absolute atomic E-state index is 0.244. The number of hydrogen-bond donors (Lipinski definition) is 2. The van der Waals surface area contributed by atoms with Crippen LogP contribution in [0.3, 0.4) is 0 Å². The van der Waals surface area contributed by atoms with Crippen LogP contribution in [0.5, 0.6) is 0 Å². The Morgan fingerprint density at radius 2 is 1.94 bits per heavy atom. The number of rotatable bonds is 5. The lowest BCUT2D eigenvalue weighted by Crippen LogP contribution is -2.49. The normalized spacial score (nSPS) is 26.8. The topological polar surface area (TPSA) is 84.7 Å². The number of nitrogens with zero attached hydrogens (tertiary/aromatic N) is 1. The Bertz CT molecular complexity index is 286. The highest BCUT2D eigenvalue weighted by atomic mass is 16.7. The van der Waals surface area contributed by atoms with Gasteiger partial charge in [0, 0.05) is 12.1 Å². The van der Waals surface area contributed by atoms with Crippen LogP contribution >= 0.6 is 0 Å². The van der Waals surface area contributed by atoms with E-state index in [-0.39, 0.29) is 18.6 Å². The fraction of sp³-hybridized carbons (Fsp3) is 0.818. The highest BCUT2D eigenvalue weighted by Gasteiger charge is 2.34. The van der Waals surface area contributed by atoms with Gasteiger partial charge < -0.3 is 5.73 Å². The molecular formula is C11H21N3O3. The van der Waals surface area contributed by atoms with Crippen LogP contribution in [0.15, 0.2) is 0 Å². The first-order valence-electron chi connectivity index (χ1n) is 5.91. The second-order valence-corrected chi connectivity index (χ2v) is 4.62. The fourth-order valence-corrected chi connectivity index (χ4v) is 2.38. The molecule has 0 aromatic heterocycles. The predicted molar refractivity (Wildman–Crippen MR) is 62.7 cm³/mol. The Hall–Kier alpha value is -1.14. The molecule has 98 valence electrons. The maximum absolute atomic E-state index is 11.8. The van der Waals surface area contributed by atoms with Gasteiger partial charge in [0.05, 0.1) is 6.04 Å². The van der Waals surface area contributed by atoms with Crippen molar-refractivity contribution in [2.24, 2.45) is 5.73 Å². The second kappa shape index (κ2) is 5.97. The molecule has 3 N–H and O–H groups in total. The molecule has 2 amide bonds. The molecule has 1 aliphatic heterocycles. The Morgan fingerprint density at radius 1 is 1.41 bits per heavy atom. The van der Waals surface area contributed by atoms with Crippen molar-refractivity contribution in [3.05, 3.63) is 0 Å². The predicted octanol–water partition coefficient (Wildman–Crippen LogP) is -0.219. The maximum Gasteiger partial charge on any atom is 0.260 e. The van der Waals surface area contributed by atoms with Crippen molar-refractivity contribution < 1.29 is 14.4 Å². The molecular weight excluding hydrogens is 222 g/mol. The summed E-state index contributed by atoms with van der Waals surface area (Å²) in [5.41, 5.74) is 7.15. The Labute approximate surface area is 101 Å². The molecule has 0 spiro atoms. The molecule has 1 aliphatic rings. The van der Waals surface area contributed by atoms with Crippen LogP contribution in [-0.2, 0) is 14.4 Å². The number of hydrogen-bond acceptors (Lipinski definition) is 4. The molecule has 1 heterocycles. The molecule has 0 aromatic rings. The van der Waals surface area contributed by atoms with Gasteiger partial charge in [-0.3, -0.25) is 19.3 Å². The van der Waals surface area contributed by atoms with E-state index in [0.29, 0.717) is 12.1 Å². The fourth-order valence-electron chi connectivity index (χ4n) is 2.38. The number of primary amides is 1. The minimum Gasteiger partial charge on any atom is -0.368 e. The number of carbonyl (C=O) groups excluding carboxylic acids is 2. The third kappa shape index (κ3) is 3.67. The third-order valence-electron chi connectivity index (χ3n) is 3.23. The molecule has 0 aromatic carbocycles. The van der Waals surface area contributed by atoms with E-state index in [0.717, 1.165) is 12.8 Å². The van der Waals surface area contributed by atoms with Crippen molar-refractivity contribution in [1.82, 2.24) is 10.4 Å². The summed E-state index contributed by atoms with van der Waals surface area (Å²) < 4.78 is 0. The Balaban J connectivity index is 2.43. The molecule has 1 fully saturated rings. The van der Waals surface area contributed by atoms with Gasteiger partial charge in [-0.2, -0.15) is 0 Å². The lowest BCUT2D eigenvalue weighted by atomic mass is 10.2. The van der Waals surface area contributed by atoms with Crippen molar-refractivity contribution >= 4 is 11.8 Å². The van der Waals surface area contributed by atoms with Crippen LogP contribution in [0, 0.1) is 0 Å². The number of nitrogens with one attached hydrogen (secondary N) is 1. The SMILES string of the molecule is CC1CCC(C)N1C(C)C(=O)NOCC(N)=O. The summed E-state index contributed by atoms with van der Waals surface area (Å²) in [6.45, 7) is 5.75. The monoisotopic (exact) mass is 243 g/mol. The average molecular weight is 243 g/mol. The van der Waals surface area contributed by atoms with Crippen LogP contribution in [-0.4, -0.2) is 41.4 Å². The van der Waals surface area contributed by atoms with Crippen LogP contribution in [0.1, 0.15) is 33.6 Å². The van der Waals surface area contributed by atoms with Crippen LogP contribution < -0.4 is 11.2 Å². The lowest BCUT2D eigenvalue weighted by Gasteiger charge is -2.31. The number of carbonyl (C=O) groups is 2. The van der Waals surface area contributed by atoms with Crippen LogP contribution in [0.2, 0.25) is 0 Å². The van der Waals surface area contributed by atoms with E-state index >= 15 is 0 Å². The van der Waals surface area contributed by atoms with Crippen molar-refractivity contribution in [2.45, 2.75) is 51.7 Å². The van der Waals surface area contributed by atoms with E-state index in [1.54, 1.807) is 0 Å². The smallest absolute Gasteiger partial charge is 0.260 e. The van der Waals surface area contributed by atoms with E-state index in [9.17, 15) is 9.59 Å². The van der Waals surface area contributed by atoms with Crippen molar-refractivity contribution in [3.63, 3.8) is 0 Å². The van der Waals surface area contributed by atoms with E-state index < -0.39 is 5.91 Å². The summed E-state index contributed by atoms with van der Waals surface area (Å²) in [5, 5.41) is 0. The zero-order valence-corrected chi connectivity index (χ0v) is 10.6. The lowest BCUT2D eigenvalue weighted by molar-refractivity contribution is -0.142. The highest BCUT2D eigenvalue weighted by Crippen LogP contribution is 2.25. The van der Waals surface area contributed by atoms with Gasteiger partial charge in [-0.1, -0.05) is 0 Å². The first kappa shape index (κ1) is 13.9. The quantitative estimate of drug-likeness (QED) is 0.654. The highest BCUT2D eigenvalue weighted by molar-refractivity contribution is 5.81. The van der Waals surface area contributed by atoms with Crippen molar-refractivity contribution in [2.75, 3.05) is 6.61 Å². The van der Waals surface area contributed by atoms with E-state index in [2.05, 4.69) is 24.2 Å². The summed E-state index contributed by atoms with van der Waals surface area (Å²) in [4.78, 5) is 29.1. The van der Waals surface area contributed by atoms with Gasteiger partial charge in [0.15, 0.2) is 6.61 Å². The molecule has 6 heteroatoms. The van der Waals surface area contributed by atoms with E-state index in [1.165, 1.54) is 0 Å². The van der Waals surface area contributed by atoms with Gasteiger partial charge in [0.2, 0.25) is 5.91 Å². The maximum atomic E-state index is 11.8. The van der Waals surface area contributed by atoms with Crippen molar-refractivity contribution in [1.29, 1.82) is 0 Å². The molecule has 0 aliphatic carbocycles. The number of likely N-dealkylation sites (tertiary alicyclic amines) is 1. The molecule has 1 saturated heterocycles. The van der Waals surface area contributed by atoms with Gasteiger partial charge in [-0.25, -0.2) is 5.48 Å². The summed E-state index contributed by atoms with van der Waals surface area (Å²) in [7, 11) is 0. The van der Waals surface area contributed by atoms with Gasteiger partial charge >= 0.3 is 0 Å². The number of hydroxylamine groups is 1. The summed E-state index contributed by atoms with van der Waals surface area (Å²) >= 11 is 0. The Kier molecular flexibility index (Phi) is 4.89. The van der Waals surface area contributed by atoms with Gasteiger partial charge in [0.25, 0.3) is 5.91 Å². The molecule has 6 nitrogen and oxygen atoms in total. The van der Waals surface area contributed by atoms with Crippen molar-refractivity contribution in [3.8, 4) is 0 Å². The van der Waals surface area contributed by atoms with E-state index in [4.69, 9.17) is 10.6 Å². The molecule has 0 radical (unpaired) electrons. The average Bonchev–Trinajstić information content (AvgIpc) is 2.57. The largest absolute Gasteiger partial charge is 0.368 e. The van der Waals surface area contributed by atoms with E-state index in [1.807, 2.05) is 6.92 Å². The number of nitrogens with two attached hydrogens (primary N) is 1. The van der Waals surface area contributed by atoms with Crippen LogP contribution in [0.4, 0.5) is 0 Å². The zero-order valence-electron chi connectivity index (χ0n) is 10.6. The van der Waals surface area contributed by atoms with Crippen LogP contribution in [0.25, 0.3) is 0 Å². The van der Waals surface area contributed by atoms with Gasteiger partial charge in [-0.15, -0.1) is 0 Å². The minimum atomic E-state index is -0.610. The molecule has 17 heavy (non-hydrogen) atoms. The zero-order chi connectivity index (χ0) is 13.0. The molecule has 1 rings (SSSR count). The summed E-state index contributed by atoms with van der Waals surface area (Å²) in [6, 6.07) is 0.513. The summed E-state index contributed by atoms with van der Waals surface area (Å²) in [5.74, 6) is -0.854. The second-order valence-electron chi connectivity index (χ2n) is 4.62. The Morgan fingerprint density at radius 3 is 2.41 bits per heavy atom. The third-order valence-corrected chi connectivity index (χ3v) is 3.23.